The Morgan fingerprint density at radius 2 is 2.15 bits per heavy atom. The zero-order valence-electron chi connectivity index (χ0n) is 11.4. The van der Waals surface area contributed by atoms with E-state index in [2.05, 4.69) is 6.58 Å². The van der Waals surface area contributed by atoms with Crippen LogP contribution in [0.2, 0.25) is 0 Å². The van der Waals surface area contributed by atoms with Crippen molar-refractivity contribution in [2.24, 2.45) is 0 Å². The summed E-state index contributed by atoms with van der Waals surface area (Å²) in [5, 5.41) is 0. The molecular formula is C16H19NO3. The third-order valence-electron chi connectivity index (χ3n) is 3.41. The lowest BCUT2D eigenvalue weighted by Gasteiger charge is -2.25. The van der Waals surface area contributed by atoms with Crippen LogP contribution in [0.5, 0.6) is 0 Å². The molecule has 1 aliphatic rings. The fourth-order valence-corrected chi connectivity index (χ4v) is 2.43. The summed E-state index contributed by atoms with van der Waals surface area (Å²) in [4.78, 5) is 24.8. The number of benzene rings is 1. The summed E-state index contributed by atoms with van der Waals surface area (Å²) in [6.07, 6.45) is 3.32. The summed E-state index contributed by atoms with van der Waals surface area (Å²) >= 11 is 0. The van der Waals surface area contributed by atoms with E-state index < -0.39 is 6.23 Å². The predicted molar refractivity (Wildman–Crippen MR) is 76.0 cm³/mol. The Labute approximate surface area is 119 Å². The summed E-state index contributed by atoms with van der Waals surface area (Å²) < 4.78 is 5.41. The maximum Gasteiger partial charge on any atom is 0.225 e. The van der Waals surface area contributed by atoms with E-state index in [1.165, 1.54) is 0 Å². The van der Waals surface area contributed by atoms with Gasteiger partial charge in [0.15, 0.2) is 12.5 Å². The number of carbonyl (C=O) groups excluding carboxylic acids is 2. The quantitative estimate of drug-likeness (QED) is 0.588. The lowest BCUT2D eigenvalue weighted by atomic mass is 10.1. The SMILES string of the molecule is C=CCCC(=O)N1C(Cc2ccccc2)COC1C=O. The van der Waals surface area contributed by atoms with E-state index in [-0.39, 0.29) is 11.9 Å². The van der Waals surface area contributed by atoms with Gasteiger partial charge < -0.3 is 9.64 Å². The summed E-state index contributed by atoms with van der Waals surface area (Å²) in [7, 11) is 0. The van der Waals surface area contributed by atoms with Crippen LogP contribution in [-0.4, -0.2) is 36.0 Å². The molecule has 2 atom stereocenters. The first-order valence-corrected chi connectivity index (χ1v) is 6.79. The Morgan fingerprint density at radius 1 is 1.40 bits per heavy atom. The molecule has 0 aromatic heterocycles. The van der Waals surface area contributed by atoms with Crippen LogP contribution in [0.15, 0.2) is 43.0 Å². The maximum atomic E-state index is 12.2. The summed E-state index contributed by atoms with van der Waals surface area (Å²) in [5.74, 6) is -0.0552. The molecule has 0 saturated carbocycles. The number of hydrogen-bond acceptors (Lipinski definition) is 3. The third kappa shape index (κ3) is 3.33. The molecule has 20 heavy (non-hydrogen) atoms. The first-order valence-electron chi connectivity index (χ1n) is 6.79. The smallest absolute Gasteiger partial charge is 0.225 e. The van der Waals surface area contributed by atoms with Crippen molar-refractivity contribution in [3.63, 3.8) is 0 Å². The molecule has 4 nitrogen and oxygen atoms in total. The largest absolute Gasteiger partial charge is 0.349 e. The highest BCUT2D eigenvalue weighted by atomic mass is 16.5. The van der Waals surface area contributed by atoms with E-state index >= 15 is 0 Å². The number of rotatable bonds is 6. The fraction of sp³-hybridized carbons (Fsp3) is 0.375. The molecule has 0 N–H and O–H groups in total. The van der Waals surface area contributed by atoms with Crippen LogP contribution < -0.4 is 0 Å². The van der Waals surface area contributed by atoms with Gasteiger partial charge >= 0.3 is 0 Å². The number of hydrogen-bond donors (Lipinski definition) is 0. The molecule has 0 spiro atoms. The molecule has 2 unspecified atom stereocenters. The Bertz CT molecular complexity index is 472. The molecule has 1 saturated heterocycles. The van der Waals surface area contributed by atoms with Crippen LogP contribution in [0, 0.1) is 0 Å². The van der Waals surface area contributed by atoms with Crippen LogP contribution in [0.4, 0.5) is 0 Å². The molecule has 1 aliphatic heterocycles. The Balaban J connectivity index is 2.08. The zero-order chi connectivity index (χ0) is 14.4. The van der Waals surface area contributed by atoms with Crippen LogP contribution in [0.3, 0.4) is 0 Å². The first kappa shape index (κ1) is 14.5. The van der Waals surface area contributed by atoms with Gasteiger partial charge in [-0.1, -0.05) is 36.4 Å². The highest BCUT2D eigenvalue weighted by Crippen LogP contribution is 2.21. The average Bonchev–Trinajstić information content (AvgIpc) is 2.88. The zero-order valence-corrected chi connectivity index (χ0v) is 11.4. The van der Waals surface area contributed by atoms with E-state index in [1.807, 2.05) is 30.3 Å². The van der Waals surface area contributed by atoms with E-state index in [0.29, 0.717) is 32.2 Å². The maximum absolute atomic E-state index is 12.2. The van der Waals surface area contributed by atoms with Crippen molar-refractivity contribution in [1.29, 1.82) is 0 Å². The van der Waals surface area contributed by atoms with Crippen molar-refractivity contribution in [1.82, 2.24) is 4.90 Å². The molecule has 1 fully saturated rings. The molecular weight excluding hydrogens is 254 g/mol. The molecule has 1 aromatic rings. The third-order valence-corrected chi connectivity index (χ3v) is 3.41. The highest BCUT2D eigenvalue weighted by Gasteiger charge is 2.37. The monoisotopic (exact) mass is 273 g/mol. The topological polar surface area (TPSA) is 46.6 Å². The van der Waals surface area contributed by atoms with E-state index in [0.717, 1.165) is 5.56 Å². The van der Waals surface area contributed by atoms with Gasteiger partial charge in [-0.3, -0.25) is 9.59 Å². The second kappa shape index (κ2) is 7.01. The molecule has 0 radical (unpaired) electrons. The first-order chi connectivity index (χ1) is 9.76. The Morgan fingerprint density at radius 3 is 2.80 bits per heavy atom. The van der Waals surface area contributed by atoms with Gasteiger partial charge in [-0.05, 0) is 18.4 Å². The number of allylic oxidation sites excluding steroid dienone is 1. The van der Waals surface area contributed by atoms with E-state index in [9.17, 15) is 9.59 Å². The normalized spacial score (nSPS) is 21.7. The lowest BCUT2D eigenvalue weighted by Crippen LogP contribution is -2.43. The van der Waals surface area contributed by atoms with Crippen molar-refractivity contribution in [2.45, 2.75) is 31.5 Å². The summed E-state index contributed by atoms with van der Waals surface area (Å²) in [5.41, 5.74) is 1.13. The van der Waals surface area contributed by atoms with Crippen LogP contribution >= 0.6 is 0 Å². The molecule has 1 amide bonds. The van der Waals surface area contributed by atoms with Gasteiger partial charge in [0.1, 0.15) is 0 Å². The molecule has 1 aromatic carbocycles. The molecule has 0 aliphatic carbocycles. The second-order valence-corrected chi connectivity index (χ2v) is 4.83. The van der Waals surface area contributed by atoms with Crippen LogP contribution in [0.1, 0.15) is 18.4 Å². The van der Waals surface area contributed by atoms with Gasteiger partial charge in [0.2, 0.25) is 5.91 Å². The minimum atomic E-state index is -0.749. The van der Waals surface area contributed by atoms with Crippen molar-refractivity contribution < 1.29 is 14.3 Å². The van der Waals surface area contributed by atoms with Gasteiger partial charge in [0.25, 0.3) is 0 Å². The van der Waals surface area contributed by atoms with Crippen molar-refractivity contribution in [2.75, 3.05) is 6.61 Å². The average molecular weight is 273 g/mol. The number of carbonyl (C=O) groups is 2. The van der Waals surface area contributed by atoms with Gasteiger partial charge in [-0.15, -0.1) is 6.58 Å². The van der Waals surface area contributed by atoms with Gasteiger partial charge in [0.05, 0.1) is 12.6 Å². The molecule has 2 rings (SSSR count). The minimum absolute atomic E-state index is 0.0552. The predicted octanol–water partition coefficient (Wildman–Crippen LogP) is 1.95. The number of aldehydes is 1. The Hall–Kier alpha value is -1.94. The number of nitrogens with zero attached hydrogens (tertiary/aromatic N) is 1. The fourth-order valence-electron chi connectivity index (χ4n) is 2.43. The highest BCUT2D eigenvalue weighted by molar-refractivity contribution is 5.80. The molecule has 106 valence electrons. The minimum Gasteiger partial charge on any atom is -0.349 e. The van der Waals surface area contributed by atoms with Crippen LogP contribution in [0.25, 0.3) is 0 Å². The molecule has 0 bridgehead atoms. The van der Waals surface area contributed by atoms with Gasteiger partial charge in [-0.25, -0.2) is 0 Å². The van der Waals surface area contributed by atoms with Crippen LogP contribution in [-0.2, 0) is 20.7 Å². The van der Waals surface area contributed by atoms with E-state index in [1.54, 1.807) is 11.0 Å². The van der Waals surface area contributed by atoms with Gasteiger partial charge in [-0.2, -0.15) is 0 Å². The second-order valence-electron chi connectivity index (χ2n) is 4.83. The number of amides is 1. The Kier molecular flexibility index (Phi) is 5.07. The molecule has 1 heterocycles. The number of ether oxygens (including phenoxy) is 1. The molecule has 4 heteroatoms. The van der Waals surface area contributed by atoms with Gasteiger partial charge in [0, 0.05) is 6.42 Å². The summed E-state index contributed by atoms with van der Waals surface area (Å²) in [6, 6.07) is 9.83. The van der Waals surface area contributed by atoms with E-state index in [4.69, 9.17) is 4.74 Å². The summed E-state index contributed by atoms with van der Waals surface area (Å²) in [6.45, 7) is 4.01. The van der Waals surface area contributed by atoms with Crippen molar-refractivity contribution in [3.05, 3.63) is 48.6 Å². The van der Waals surface area contributed by atoms with Crippen molar-refractivity contribution in [3.8, 4) is 0 Å². The lowest BCUT2D eigenvalue weighted by molar-refractivity contribution is -0.142. The standard InChI is InChI=1S/C16H19NO3/c1-2-3-9-15(19)17-14(12-20-16(17)11-18)10-13-7-5-4-6-8-13/h2,4-8,11,14,16H,1,3,9-10,12H2. The van der Waals surface area contributed by atoms with Crippen molar-refractivity contribution >= 4 is 12.2 Å².